The van der Waals surface area contributed by atoms with Gasteiger partial charge in [0, 0.05) is 27.7 Å². The first-order valence-electron chi connectivity index (χ1n) is 8.01. The summed E-state index contributed by atoms with van der Waals surface area (Å²) >= 11 is 0. The highest BCUT2D eigenvalue weighted by Crippen LogP contribution is 2.16. The summed E-state index contributed by atoms with van der Waals surface area (Å²) in [4.78, 5) is 14.2. The lowest BCUT2D eigenvalue weighted by molar-refractivity contribution is 0.0264. The number of hydrogen-bond donors (Lipinski definition) is 2. The topological polar surface area (TPSA) is 65.5 Å². The van der Waals surface area contributed by atoms with Crippen molar-refractivity contribution >= 4 is 5.96 Å². The Balaban J connectivity index is 1.98. The molecule has 2 rings (SSSR count). The first-order chi connectivity index (χ1) is 11.4. The van der Waals surface area contributed by atoms with Crippen molar-refractivity contribution in [1.29, 1.82) is 0 Å². The minimum atomic E-state index is -0.248. The molecule has 1 heterocycles. The highest BCUT2D eigenvalue weighted by Gasteiger charge is 2.18. The number of rotatable bonds is 6. The fraction of sp³-hybridized carbons (Fsp3) is 0.444. The van der Waals surface area contributed by atoms with Gasteiger partial charge in [0.05, 0.1) is 24.0 Å². The summed E-state index contributed by atoms with van der Waals surface area (Å²) < 4.78 is 5.43. The molecule has 6 nitrogen and oxygen atoms in total. The first-order valence-corrected chi connectivity index (χ1v) is 8.01. The van der Waals surface area contributed by atoms with E-state index in [1.165, 1.54) is 0 Å². The van der Waals surface area contributed by atoms with Crippen LogP contribution < -0.4 is 5.32 Å². The number of methoxy groups -OCH3 is 1. The number of ether oxygens (including phenoxy) is 1. The minimum Gasteiger partial charge on any atom is -0.377 e. The van der Waals surface area contributed by atoms with Crippen molar-refractivity contribution < 1.29 is 4.74 Å². The number of nitrogens with one attached hydrogen (secondary N) is 2. The van der Waals surface area contributed by atoms with Crippen molar-refractivity contribution in [3.8, 4) is 11.3 Å². The summed E-state index contributed by atoms with van der Waals surface area (Å²) in [6, 6.07) is 10.2. The molecule has 130 valence electrons. The van der Waals surface area contributed by atoms with Crippen LogP contribution in [0.3, 0.4) is 0 Å². The molecule has 0 spiro atoms. The highest BCUT2D eigenvalue weighted by atomic mass is 16.5. The maximum atomic E-state index is 5.43. The van der Waals surface area contributed by atoms with Crippen LogP contribution in [-0.4, -0.2) is 54.2 Å². The fourth-order valence-corrected chi connectivity index (χ4v) is 2.26. The standard InChI is InChI=1S/C18H27N5O/c1-18(2,24-5)13-21-17(19-3)23(4)12-16-20-11-15(22-16)14-9-7-6-8-10-14/h6-11H,12-13H2,1-5H3,(H,19,21)(H,20,22). The van der Waals surface area contributed by atoms with Crippen molar-refractivity contribution in [1.82, 2.24) is 20.2 Å². The molecule has 24 heavy (non-hydrogen) atoms. The molecule has 6 heteroatoms. The average Bonchev–Trinajstić information content (AvgIpc) is 3.04. The second-order valence-electron chi connectivity index (χ2n) is 6.33. The van der Waals surface area contributed by atoms with E-state index in [0.29, 0.717) is 13.1 Å². The summed E-state index contributed by atoms with van der Waals surface area (Å²) in [7, 11) is 5.47. The quantitative estimate of drug-likeness (QED) is 0.631. The van der Waals surface area contributed by atoms with Gasteiger partial charge < -0.3 is 19.9 Å². The van der Waals surface area contributed by atoms with Crippen LogP contribution in [0, 0.1) is 0 Å². The zero-order chi connectivity index (χ0) is 17.6. The van der Waals surface area contributed by atoms with E-state index >= 15 is 0 Å². The summed E-state index contributed by atoms with van der Waals surface area (Å²) in [5.41, 5.74) is 1.90. The molecule has 2 aromatic rings. The Morgan fingerprint density at radius 3 is 2.67 bits per heavy atom. The van der Waals surface area contributed by atoms with Gasteiger partial charge in [-0.1, -0.05) is 30.3 Å². The number of imidazole rings is 1. The molecule has 1 aromatic carbocycles. The van der Waals surface area contributed by atoms with Gasteiger partial charge in [-0.05, 0) is 19.4 Å². The predicted molar refractivity (Wildman–Crippen MR) is 97.9 cm³/mol. The van der Waals surface area contributed by atoms with Gasteiger partial charge in [0.25, 0.3) is 0 Å². The maximum Gasteiger partial charge on any atom is 0.193 e. The van der Waals surface area contributed by atoms with Crippen molar-refractivity contribution in [2.75, 3.05) is 27.7 Å². The number of aromatic amines is 1. The number of aromatic nitrogens is 2. The lowest BCUT2D eigenvalue weighted by Gasteiger charge is -2.27. The summed E-state index contributed by atoms with van der Waals surface area (Å²) in [6.45, 7) is 5.38. The van der Waals surface area contributed by atoms with Crippen molar-refractivity contribution in [3.63, 3.8) is 0 Å². The molecule has 0 atom stereocenters. The van der Waals surface area contributed by atoms with E-state index in [-0.39, 0.29) is 5.60 Å². The molecule has 0 unspecified atom stereocenters. The Labute approximate surface area is 144 Å². The van der Waals surface area contributed by atoms with Gasteiger partial charge in [-0.15, -0.1) is 0 Å². The molecule has 2 N–H and O–H groups in total. The molecule has 0 aliphatic rings. The van der Waals surface area contributed by atoms with Crippen LogP contribution >= 0.6 is 0 Å². The molecule has 0 fully saturated rings. The molecule has 0 saturated heterocycles. The van der Waals surface area contributed by atoms with Crippen molar-refractivity contribution in [3.05, 3.63) is 42.4 Å². The van der Waals surface area contributed by atoms with Crippen LogP contribution in [0.5, 0.6) is 0 Å². The summed E-state index contributed by atoms with van der Waals surface area (Å²) in [5.74, 6) is 1.70. The number of hydrogen-bond acceptors (Lipinski definition) is 3. The molecular formula is C18H27N5O. The molecule has 0 bridgehead atoms. The molecule has 0 radical (unpaired) electrons. The van der Waals surface area contributed by atoms with E-state index in [2.05, 4.69) is 32.4 Å². The summed E-state index contributed by atoms with van der Waals surface area (Å²) in [5, 5.41) is 3.33. The average molecular weight is 329 g/mol. The third kappa shape index (κ3) is 4.83. The fourth-order valence-electron chi connectivity index (χ4n) is 2.26. The lowest BCUT2D eigenvalue weighted by atomic mass is 10.1. The van der Waals surface area contributed by atoms with Crippen LogP contribution in [0.4, 0.5) is 0 Å². The van der Waals surface area contributed by atoms with E-state index in [1.54, 1.807) is 14.2 Å². The van der Waals surface area contributed by atoms with Crippen molar-refractivity contribution in [2.24, 2.45) is 4.99 Å². The van der Waals surface area contributed by atoms with Gasteiger partial charge in [0.15, 0.2) is 5.96 Å². The van der Waals surface area contributed by atoms with Gasteiger partial charge >= 0.3 is 0 Å². The number of aliphatic imine (C=N–C) groups is 1. The SMILES string of the molecule is CN=C(NCC(C)(C)OC)N(C)Cc1ncc(-c2ccccc2)[nH]1. The van der Waals surface area contributed by atoms with E-state index in [1.807, 2.05) is 50.2 Å². The van der Waals surface area contributed by atoms with E-state index in [9.17, 15) is 0 Å². The Morgan fingerprint density at radius 1 is 1.33 bits per heavy atom. The third-order valence-corrected chi connectivity index (χ3v) is 3.90. The van der Waals surface area contributed by atoms with E-state index < -0.39 is 0 Å². The third-order valence-electron chi connectivity index (χ3n) is 3.90. The highest BCUT2D eigenvalue weighted by molar-refractivity contribution is 5.79. The maximum absolute atomic E-state index is 5.43. The summed E-state index contributed by atoms with van der Waals surface area (Å²) in [6.07, 6.45) is 1.86. The molecule has 0 saturated carbocycles. The molecule has 0 aliphatic carbocycles. The van der Waals surface area contributed by atoms with Gasteiger partial charge in [0.2, 0.25) is 0 Å². The predicted octanol–water partition coefficient (Wildman–Crippen LogP) is 2.51. The van der Waals surface area contributed by atoms with Gasteiger partial charge in [0.1, 0.15) is 5.82 Å². The number of H-pyrrole nitrogens is 1. The molecule has 0 aliphatic heterocycles. The second-order valence-corrected chi connectivity index (χ2v) is 6.33. The van der Waals surface area contributed by atoms with Gasteiger partial charge in [-0.2, -0.15) is 0 Å². The lowest BCUT2D eigenvalue weighted by Crippen LogP contribution is -2.45. The molecule has 1 aromatic heterocycles. The number of nitrogens with zero attached hydrogens (tertiary/aromatic N) is 3. The minimum absolute atomic E-state index is 0.248. The Hall–Kier alpha value is -2.34. The van der Waals surface area contributed by atoms with E-state index in [0.717, 1.165) is 23.0 Å². The smallest absolute Gasteiger partial charge is 0.193 e. The monoisotopic (exact) mass is 329 g/mol. The second kappa shape index (κ2) is 7.97. The Morgan fingerprint density at radius 2 is 2.04 bits per heavy atom. The first kappa shape index (κ1) is 18.0. The van der Waals surface area contributed by atoms with Crippen LogP contribution in [0.15, 0.2) is 41.5 Å². The zero-order valence-electron chi connectivity index (χ0n) is 15.1. The largest absolute Gasteiger partial charge is 0.377 e. The Bertz CT molecular complexity index is 663. The van der Waals surface area contributed by atoms with Gasteiger partial charge in [-0.25, -0.2) is 4.98 Å². The van der Waals surface area contributed by atoms with Crippen molar-refractivity contribution in [2.45, 2.75) is 26.0 Å². The van der Waals surface area contributed by atoms with Crippen LogP contribution in [-0.2, 0) is 11.3 Å². The Kier molecular flexibility index (Phi) is 5.98. The number of guanidine groups is 1. The van der Waals surface area contributed by atoms with Gasteiger partial charge in [-0.3, -0.25) is 4.99 Å². The normalized spacial score (nSPS) is 12.3. The zero-order valence-corrected chi connectivity index (χ0v) is 15.1. The van der Waals surface area contributed by atoms with Crippen LogP contribution in [0.2, 0.25) is 0 Å². The van der Waals surface area contributed by atoms with E-state index in [4.69, 9.17) is 4.74 Å². The van der Waals surface area contributed by atoms with Crippen LogP contribution in [0.1, 0.15) is 19.7 Å². The molecule has 0 amide bonds. The number of benzene rings is 1. The van der Waals surface area contributed by atoms with Crippen LogP contribution in [0.25, 0.3) is 11.3 Å². The molecular weight excluding hydrogens is 302 g/mol.